The summed E-state index contributed by atoms with van der Waals surface area (Å²) in [7, 11) is 0. The lowest BCUT2D eigenvalue weighted by Crippen LogP contribution is -2.22. The molecule has 6 nitrogen and oxygen atoms in total. The third kappa shape index (κ3) is 5.24. The summed E-state index contributed by atoms with van der Waals surface area (Å²) in [6, 6.07) is 9.60. The molecule has 7 heteroatoms. The van der Waals surface area contributed by atoms with Crippen LogP contribution in [0.25, 0.3) is 10.6 Å². The van der Waals surface area contributed by atoms with E-state index < -0.39 is 5.60 Å². The fourth-order valence-electron chi connectivity index (χ4n) is 2.25. The molecule has 3 rings (SSSR count). The van der Waals surface area contributed by atoms with Crippen LogP contribution in [0.3, 0.4) is 0 Å². The Hall–Kier alpha value is -2.51. The largest absolute Gasteiger partial charge is 0.477 e. The Kier molecular flexibility index (Phi) is 5.49. The fourth-order valence-corrected chi connectivity index (χ4v) is 3.05. The summed E-state index contributed by atoms with van der Waals surface area (Å²) in [4.78, 5) is 14.2. The molecule has 0 fully saturated rings. The van der Waals surface area contributed by atoms with Crippen LogP contribution in [0.4, 0.5) is 10.9 Å². The number of ether oxygens (including phenoxy) is 1. The molecule has 0 aliphatic carbocycles. The van der Waals surface area contributed by atoms with Crippen LogP contribution in [0.5, 0.6) is 5.88 Å². The molecule has 0 aromatic carbocycles. The topological polar surface area (TPSA) is 80.2 Å². The van der Waals surface area contributed by atoms with Crippen molar-refractivity contribution in [1.29, 1.82) is 0 Å². The molecule has 0 aliphatic heterocycles. The van der Waals surface area contributed by atoms with Gasteiger partial charge in [-0.25, -0.2) is 4.98 Å². The van der Waals surface area contributed by atoms with Crippen LogP contribution < -0.4 is 10.1 Å². The normalized spacial score (nSPS) is 11.4. The predicted molar refractivity (Wildman–Crippen MR) is 104 cm³/mol. The molecule has 0 radical (unpaired) electrons. The third-order valence-corrected chi connectivity index (χ3v) is 4.50. The second-order valence-corrected chi connectivity index (χ2v) is 7.68. The van der Waals surface area contributed by atoms with Crippen molar-refractivity contribution in [3.8, 4) is 16.5 Å². The Morgan fingerprint density at radius 2 is 2.08 bits per heavy atom. The van der Waals surface area contributed by atoms with Crippen molar-refractivity contribution < 1.29 is 9.84 Å². The van der Waals surface area contributed by atoms with Crippen molar-refractivity contribution >= 4 is 22.3 Å². The predicted octanol–water partition coefficient (Wildman–Crippen LogP) is 4.19. The minimum absolute atomic E-state index is 0.403. The van der Waals surface area contributed by atoms with E-state index in [9.17, 15) is 5.11 Å². The number of pyridine rings is 2. The zero-order valence-corrected chi connectivity index (χ0v) is 15.9. The van der Waals surface area contributed by atoms with Crippen molar-refractivity contribution in [3.63, 3.8) is 0 Å². The number of nitrogens with one attached hydrogen (secondary N) is 1. The first kappa shape index (κ1) is 18.3. The van der Waals surface area contributed by atoms with Crippen molar-refractivity contribution in [3.05, 3.63) is 48.3 Å². The minimum atomic E-state index is -0.756. The second kappa shape index (κ2) is 7.80. The Balaban J connectivity index is 1.69. The summed E-state index contributed by atoms with van der Waals surface area (Å²) in [5.74, 6) is 1.20. The summed E-state index contributed by atoms with van der Waals surface area (Å²) in [6.07, 6.45) is 4.10. The van der Waals surface area contributed by atoms with E-state index in [1.54, 1.807) is 26.2 Å². The van der Waals surface area contributed by atoms with Gasteiger partial charge in [-0.15, -0.1) is 0 Å². The summed E-state index contributed by atoms with van der Waals surface area (Å²) >= 11 is 1.52. The smallest absolute Gasteiger partial charge is 0.215 e. The average molecular weight is 370 g/mol. The number of aromatic nitrogens is 3. The SMILES string of the molecule is Cc1cc(Nc2ncc(-c3ccccn3)s2)nc(OCCC(C)(C)O)c1. The number of aliphatic hydroxyl groups is 1. The zero-order valence-electron chi connectivity index (χ0n) is 15.1. The molecular weight excluding hydrogens is 348 g/mol. The monoisotopic (exact) mass is 370 g/mol. The molecule has 0 amide bonds. The molecule has 2 N–H and O–H groups in total. The Labute approximate surface area is 156 Å². The zero-order chi connectivity index (χ0) is 18.6. The van der Waals surface area contributed by atoms with Gasteiger partial charge in [0.15, 0.2) is 5.13 Å². The number of rotatable bonds is 7. The highest BCUT2D eigenvalue weighted by atomic mass is 32.1. The number of anilines is 2. The molecule has 0 atom stereocenters. The van der Waals surface area contributed by atoms with E-state index in [0.717, 1.165) is 21.3 Å². The molecule has 26 heavy (non-hydrogen) atoms. The highest BCUT2D eigenvalue weighted by molar-refractivity contribution is 7.18. The van der Waals surface area contributed by atoms with Crippen molar-refractivity contribution in [1.82, 2.24) is 15.0 Å². The van der Waals surface area contributed by atoms with Gasteiger partial charge in [0.25, 0.3) is 0 Å². The molecule has 136 valence electrons. The maximum atomic E-state index is 9.77. The summed E-state index contributed by atoms with van der Waals surface area (Å²) in [5, 5.41) is 13.7. The van der Waals surface area contributed by atoms with E-state index in [-0.39, 0.29) is 0 Å². The van der Waals surface area contributed by atoms with Gasteiger partial charge in [-0.1, -0.05) is 17.4 Å². The van der Waals surface area contributed by atoms with Crippen molar-refractivity contribution in [2.24, 2.45) is 0 Å². The first-order valence-electron chi connectivity index (χ1n) is 8.37. The Morgan fingerprint density at radius 3 is 2.81 bits per heavy atom. The number of hydrogen-bond acceptors (Lipinski definition) is 7. The molecule has 0 saturated heterocycles. The molecular formula is C19H22N4O2S. The average Bonchev–Trinajstić information content (AvgIpc) is 3.02. The summed E-state index contributed by atoms with van der Waals surface area (Å²) in [5.41, 5.74) is 1.17. The summed E-state index contributed by atoms with van der Waals surface area (Å²) < 4.78 is 5.68. The van der Waals surface area contributed by atoms with Crippen LogP contribution in [0.1, 0.15) is 25.8 Å². The van der Waals surface area contributed by atoms with Gasteiger partial charge in [-0.05, 0) is 44.5 Å². The van der Waals surface area contributed by atoms with E-state index in [2.05, 4.69) is 20.3 Å². The Bertz CT molecular complexity index is 859. The molecule has 0 unspecified atom stereocenters. The van der Waals surface area contributed by atoms with E-state index in [0.29, 0.717) is 24.7 Å². The maximum Gasteiger partial charge on any atom is 0.215 e. The van der Waals surface area contributed by atoms with Crippen molar-refractivity contribution in [2.45, 2.75) is 32.8 Å². The van der Waals surface area contributed by atoms with Crippen LogP contribution in [0.2, 0.25) is 0 Å². The van der Waals surface area contributed by atoms with Gasteiger partial charge in [0.2, 0.25) is 5.88 Å². The van der Waals surface area contributed by atoms with Gasteiger partial charge >= 0.3 is 0 Å². The van der Waals surface area contributed by atoms with Crippen LogP contribution >= 0.6 is 11.3 Å². The fraction of sp³-hybridized carbons (Fsp3) is 0.316. The highest BCUT2D eigenvalue weighted by Gasteiger charge is 2.13. The van der Waals surface area contributed by atoms with Crippen LogP contribution in [-0.4, -0.2) is 32.3 Å². The number of hydrogen-bond donors (Lipinski definition) is 2. The maximum absolute atomic E-state index is 9.77. The van der Waals surface area contributed by atoms with Gasteiger partial charge in [-0.2, -0.15) is 4.98 Å². The van der Waals surface area contributed by atoms with Gasteiger partial charge in [0.1, 0.15) is 5.82 Å². The number of nitrogens with zero attached hydrogens (tertiary/aromatic N) is 3. The van der Waals surface area contributed by atoms with E-state index in [4.69, 9.17) is 4.74 Å². The molecule has 3 aromatic heterocycles. The minimum Gasteiger partial charge on any atom is -0.477 e. The lowest BCUT2D eigenvalue weighted by atomic mass is 10.1. The number of thiazole rings is 1. The quantitative estimate of drug-likeness (QED) is 0.649. The third-order valence-electron chi connectivity index (χ3n) is 3.57. The first-order chi connectivity index (χ1) is 12.4. The first-order valence-corrected chi connectivity index (χ1v) is 9.19. The van der Waals surface area contributed by atoms with Gasteiger partial charge in [0.05, 0.1) is 22.8 Å². The van der Waals surface area contributed by atoms with Crippen LogP contribution in [0.15, 0.2) is 42.7 Å². The van der Waals surface area contributed by atoms with Crippen LogP contribution in [-0.2, 0) is 0 Å². The highest BCUT2D eigenvalue weighted by Crippen LogP contribution is 2.29. The Morgan fingerprint density at radius 1 is 1.23 bits per heavy atom. The molecule has 3 heterocycles. The second-order valence-electron chi connectivity index (χ2n) is 6.65. The molecule has 3 aromatic rings. The lowest BCUT2D eigenvalue weighted by Gasteiger charge is -2.17. The molecule has 0 bridgehead atoms. The van der Waals surface area contributed by atoms with E-state index in [1.165, 1.54) is 11.3 Å². The molecule has 0 aliphatic rings. The molecule has 0 spiro atoms. The van der Waals surface area contributed by atoms with Crippen molar-refractivity contribution in [2.75, 3.05) is 11.9 Å². The van der Waals surface area contributed by atoms with E-state index >= 15 is 0 Å². The summed E-state index contributed by atoms with van der Waals surface area (Å²) in [6.45, 7) is 5.90. The van der Waals surface area contributed by atoms with Gasteiger partial charge in [0, 0.05) is 24.9 Å². The van der Waals surface area contributed by atoms with Gasteiger partial charge < -0.3 is 15.2 Å². The lowest BCUT2D eigenvalue weighted by molar-refractivity contribution is 0.0547. The number of aryl methyl sites for hydroxylation is 1. The van der Waals surface area contributed by atoms with E-state index in [1.807, 2.05) is 37.3 Å². The standard InChI is InChI=1S/C19H22N4O2S/c1-13-10-16(22-17(11-13)25-9-7-19(2,3)24)23-18-21-12-15(26-18)14-6-4-5-8-20-14/h4-6,8,10-12,24H,7,9H2,1-3H3,(H,21,22,23). The molecule has 0 saturated carbocycles. The van der Waals surface area contributed by atoms with Gasteiger partial charge in [-0.3, -0.25) is 4.98 Å². The van der Waals surface area contributed by atoms with Crippen LogP contribution in [0, 0.1) is 6.92 Å².